The summed E-state index contributed by atoms with van der Waals surface area (Å²) in [4.78, 5) is 13.6. The number of nitrogens with zero attached hydrogens (tertiary/aromatic N) is 1. The van der Waals surface area contributed by atoms with Gasteiger partial charge in [-0.3, -0.25) is 4.79 Å². The number of rotatable bonds is 1. The lowest BCUT2D eigenvalue weighted by Gasteiger charge is -2.34. The van der Waals surface area contributed by atoms with Gasteiger partial charge in [-0.15, -0.1) is 11.6 Å². The van der Waals surface area contributed by atoms with Gasteiger partial charge in [-0.25, -0.2) is 0 Å². The Morgan fingerprint density at radius 2 is 2.12 bits per heavy atom. The molecular weight excluding hydrogens is 222 g/mol. The molecule has 0 unspecified atom stereocenters. The molecule has 0 N–H and O–H groups in total. The summed E-state index contributed by atoms with van der Waals surface area (Å²) in [5.74, 6) is 0.153. The molecule has 1 fully saturated rings. The summed E-state index contributed by atoms with van der Waals surface area (Å²) in [6.07, 6.45) is 2.41. The van der Waals surface area contributed by atoms with Crippen LogP contribution in [0.4, 0.5) is 0 Å². The first kappa shape index (κ1) is 10.2. The standard InChI is InChI=1S/C13H14ClNO/c14-7-12(16)15-8-10-3-1-2-4-11(10)13(9-15)5-6-13/h1-4H,5-9H2. The fourth-order valence-electron chi connectivity index (χ4n) is 2.73. The van der Waals surface area contributed by atoms with Crippen LogP contribution in [0.1, 0.15) is 24.0 Å². The molecule has 1 spiro atoms. The highest BCUT2D eigenvalue weighted by Gasteiger charge is 2.49. The van der Waals surface area contributed by atoms with Crippen molar-refractivity contribution in [2.24, 2.45) is 0 Å². The van der Waals surface area contributed by atoms with Crippen LogP contribution in [0, 0.1) is 0 Å². The van der Waals surface area contributed by atoms with E-state index in [1.807, 2.05) is 11.0 Å². The van der Waals surface area contributed by atoms with Gasteiger partial charge in [0.15, 0.2) is 0 Å². The normalized spacial score (nSPS) is 20.7. The zero-order valence-corrected chi connectivity index (χ0v) is 9.83. The molecule has 0 aromatic heterocycles. The molecule has 1 aromatic rings. The van der Waals surface area contributed by atoms with E-state index in [4.69, 9.17) is 11.6 Å². The second-order valence-electron chi connectivity index (χ2n) is 4.82. The molecule has 1 amide bonds. The second kappa shape index (κ2) is 3.49. The molecule has 0 bridgehead atoms. The first-order chi connectivity index (χ1) is 7.75. The van der Waals surface area contributed by atoms with Crippen LogP contribution < -0.4 is 0 Å². The van der Waals surface area contributed by atoms with Crippen LogP contribution in [0.15, 0.2) is 24.3 Å². The molecule has 16 heavy (non-hydrogen) atoms. The summed E-state index contributed by atoms with van der Waals surface area (Å²) in [5.41, 5.74) is 3.01. The maximum absolute atomic E-state index is 11.7. The van der Waals surface area contributed by atoms with Gasteiger partial charge in [-0.05, 0) is 24.0 Å². The molecule has 1 saturated carbocycles. The van der Waals surface area contributed by atoms with Gasteiger partial charge in [0.2, 0.25) is 5.91 Å². The van der Waals surface area contributed by atoms with Gasteiger partial charge >= 0.3 is 0 Å². The van der Waals surface area contributed by atoms with Gasteiger partial charge in [0.05, 0.1) is 0 Å². The summed E-state index contributed by atoms with van der Waals surface area (Å²) in [5, 5.41) is 0. The van der Waals surface area contributed by atoms with Crippen molar-refractivity contribution in [2.75, 3.05) is 12.4 Å². The molecule has 1 aliphatic heterocycles. The van der Waals surface area contributed by atoms with Crippen molar-refractivity contribution in [1.82, 2.24) is 4.90 Å². The van der Waals surface area contributed by atoms with Gasteiger partial charge in [-0.1, -0.05) is 24.3 Å². The maximum Gasteiger partial charge on any atom is 0.237 e. The minimum Gasteiger partial charge on any atom is -0.336 e. The lowest BCUT2D eigenvalue weighted by Crippen LogP contribution is -2.42. The Morgan fingerprint density at radius 1 is 1.38 bits per heavy atom. The molecule has 3 rings (SSSR count). The third-order valence-electron chi connectivity index (χ3n) is 3.76. The molecule has 3 heteroatoms. The van der Waals surface area contributed by atoms with E-state index in [2.05, 4.69) is 18.2 Å². The predicted molar refractivity (Wildman–Crippen MR) is 63.5 cm³/mol. The van der Waals surface area contributed by atoms with Gasteiger partial charge in [0.25, 0.3) is 0 Å². The van der Waals surface area contributed by atoms with E-state index in [1.165, 1.54) is 24.0 Å². The number of alkyl halides is 1. The highest BCUT2D eigenvalue weighted by molar-refractivity contribution is 6.27. The first-order valence-corrected chi connectivity index (χ1v) is 6.21. The molecule has 0 atom stereocenters. The quantitative estimate of drug-likeness (QED) is 0.684. The Bertz CT molecular complexity index is 439. The lowest BCUT2D eigenvalue weighted by molar-refractivity contribution is -0.129. The Hall–Kier alpha value is -1.02. The molecule has 0 saturated heterocycles. The first-order valence-electron chi connectivity index (χ1n) is 5.67. The Labute approximate surface area is 100 Å². The average Bonchev–Trinajstić information content (AvgIpc) is 3.08. The smallest absolute Gasteiger partial charge is 0.237 e. The van der Waals surface area contributed by atoms with Crippen molar-refractivity contribution in [1.29, 1.82) is 0 Å². The number of hydrogen-bond donors (Lipinski definition) is 0. The fraction of sp³-hybridized carbons (Fsp3) is 0.462. The number of hydrogen-bond acceptors (Lipinski definition) is 1. The Kier molecular flexibility index (Phi) is 2.21. The minimum atomic E-state index is 0.0578. The molecular formula is C13H14ClNO. The van der Waals surface area contributed by atoms with Crippen LogP contribution in [0.3, 0.4) is 0 Å². The van der Waals surface area contributed by atoms with Crippen LogP contribution in [0.5, 0.6) is 0 Å². The molecule has 1 aromatic carbocycles. The minimum absolute atomic E-state index is 0.0578. The summed E-state index contributed by atoms with van der Waals surface area (Å²) in [6.45, 7) is 1.58. The molecule has 84 valence electrons. The van der Waals surface area contributed by atoms with Crippen LogP contribution >= 0.6 is 11.6 Å². The molecule has 1 aliphatic carbocycles. The largest absolute Gasteiger partial charge is 0.336 e. The van der Waals surface area contributed by atoms with E-state index in [0.717, 1.165) is 13.1 Å². The number of carbonyl (C=O) groups is 1. The van der Waals surface area contributed by atoms with E-state index < -0.39 is 0 Å². The number of benzene rings is 1. The second-order valence-corrected chi connectivity index (χ2v) is 5.09. The third-order valence-corrected chi connectivity index (χ3v) is 3.99. The van der Waals surface area contributed by atoms with Crippen molar-refractivity contribution in [3.05, 3.63) is 35.4 Å². The number of carbonyl (C=O) groups excluding carboxylic acids is 1. The lowest BCUT2D eigenvalue weighted by atomic mass is 9.87. The third kappa shape index (κ3) is 1.44. The van der Waals surface area contributed by atoms with E-state index >= 15 is 0 Å². The highest BCUT2D eigenvalue weighted by Crippen LogP contribution is 2.52. The topological polar surface area (TPSA) is 20.3 Å². The van der Waals surface area contributed by atoms with E-state index in [9.17, 15) is 4.79 Å². The Morgan fingerprint density at radius 3 is 2.81 bits per heavy atom. The van der Waals surface area contributed by atoms with E-state index in [0.29, 0.717) is 0 Å². The number of halogens is 1. The van der Waals surface area contributed by atoms with Crippen LogP contribution in [0.25, 0.3) is 0 Å². The van der Waals surface area contributed by atoms with Gasteiger partial charge in [-0.2, -0.15) is 0 Å². The zero-order valence-electron chi connectivity index (χ0n) is 9.08. The summed E-state index contributed by atoms with van der Waals surface area (Å²) in [7, 11) is 0. The fourth-order valence-corrected chi connectivity index (χ4v) is 2.90. The summed E-state index contributed by atoms with van der Waals surface area (Å²) >= 11 is 5.63. The van der Waals surface area contributed by atoms with Gasteiger partial charge < -0.3 is 4.90 Å². The van der Waals surface area contributed by atoms with Crippen molar-refractivity contribution in [2.45, 2.75) is 24.8 Å². The van der Waals surface area contributed by atoms with Crippen molar-refractivity contribution < 1.29 is 4.79 Å². The predicted octanol–water partition coefficient (Wildman–Crippen LogP) is 2.30. The monoisotopic (exact) mass is 235 g/mol. The summed E-state index contributed by atoms with van der Waals surface area (Å²) in [6, 6.07) is 8.48. The van der Waals surface area contributed by atoms with Gasteiger partial charge in [0.1, 0.15) is 5.88 Å². The number of fused-ring (bicyclic) bond motifs is 2. The van der Waals surface area contributed by atoms with Crippen molar-refractivity contribution in [3.63, 3.8) is 0 Å². The molecule has 2 nitrogen and oxygen atoms in total. The van der Waals surface area contributed by atoms with Crippen molar-refractivity contribution >= 4 is 17.5 Å². The zero-order chi connectivity index (χ0) is 11.2. The SMILES string of the molecule is O=C(CCl)N1Cc2ccccc2C2(CC2)C1. The summed E-state index contributed by atoms with van der Waals surface area (Å²) < 4.78 is 0. The van der Waals surface area contributed by atoms with Crippen LogP contribution in [0.2, 0.25) is 0 Å². The molecule has 1 heterocycles. The molecule has 2 aliphatic rings. The Balaban J connectivity index is 1.97. The molecule has 0 radical (unpaired) electrons. The van der Waals surface area contributed by atoms with Gasteiger partial charge in [0, 0.05) is 18.5 Å². The van der Waals surface area contributed by atoms with Crippen LogP contribution in [-0.4, -0.2) is 23.2 Å². The van der Waals surface area contributed by atoms with Crippen molar-refractivity contribution in [3.8, 4) is 0 Å². The number of amides is 1. The van der Waals surface area contributed by atoms with Crippen LogP contribution in [-0.2, 0) is 16.8 Å². The highest BCUT2D eigenvalue weighted by atomic mass is 35.5. The average molecular weight is 236 g/mol. The maximum atomic E-state index is 11.7. The van der Waals surface area contributed by atoms with E-state index in [1.54, 1.807) is 0 Å². The van der Waals surface area contributed by atoms with E-state index in [-0.39, 0.29) is 17.2 Å².